The third kappa shape index (κ3) is 50.8. The van der Waals surface area contributed by atoms with E-state index < -0.39 is 0 Å². The van der Waals surface area contributed by atoms with E-state index in [1.54, 1.807) is 0 Å². The molecular formula is C105H210. The van der Waals surface area contributed by atoms with Crippen LogP contribution in [0.5, 0.6) is 0 Å². The number of hydrogen-bond donors (Lipinski definition) is 0. The van der Waals surface area contributed by atoms with Crippen molar-refractivity contribution in [3.63, 3.8) is 0 Å². The Kier molecular flexibility index (Phi) is 59.4. The molecule has 10 saturated carbocycles. The van der Waals surface area contributed by atoms with Gasteiger partial charge in [-0.15, -0.1) is 0 Å². The normalized spacial score (nSPS) is 32.6. The molecule has 20 unspecified atom stereocenters. The van der Waals surface area contributed by atoms with Crippen LogP contribution in [0.2, 0.25) is 0 Å². The topological polar surface area (TPSA) is 0 Å². The summed E-state index contributed by atoms with van der Waals surface area (Å²) in [6.45, 7) is 70.6. The second-order valence-corrected chi connectivity index (χ2v) is 44.0. The average molecular weight is 1470 g/mol. The molecule has 0 nitrogen and oxygen atoms in total. The molecule has 0 aromatic heterocycles. The summed E-state index contributed by atoms with van der Waals surface area (Å²) in [5.74, 6) is 30.2. The van der Waals surface area contributed by atoms with Gasteiger partial charge in [0.15, 0.2) is 0 Å². The first-order valence-electron chi connectivity index (χ1n) is 49.7. The van der Waals surface area contributed by atoms with E-state index in [9.17, 15) is 0 Å². The van der Waals surface area contributed by atoms with Gasteiger partial charge in [0.25, 0.3) is 0 Å². The molecule has 0 N–H and O–H groups in total. The van der Waals surface area contributed by atoms with Crippen LogP contribution in [0.1, 0.15) is 497 Å². The van der Waals surface area contributed by atoms with E-state index in [0.717, 1.165) is 178 Å². The Labute approximate surface area is 670 Å². The monoisotopic (exact) mass is 1470 g/mol. The van der Waals surface area contributed by atoms with Crippen molar-refractivity contribution in [1.29, 1.82) is 0 Å². The van der Waals surface area contributed by atoms with Gasteiger partial charge in [-0.25, -0.2) is 0 Å². The summed E-state index contributed by atoms with van der Waals surface area (Å²) in [6, 6.07) is 0. The molecule has 0 aromatic rings. The molecule has 0 aliphatic heterocycles. The van der Waals surface area contributed by atoms with E-state index in [4.69, 9.17) is 0 Å². The molecule has 0 bridgehead atoms. The first-order chi connectivity index (χ1) is 49.7. The molecule has 0 heteroatoms. The highest BCUT2D eigenvalue weighted by molar-refractivity contribution is 4.87. The molecule has 105 heavy (non-hydrogen) atoms. The highest BCUT2D eigenvalue weighted by Gasteiger charge is 2.36. The predicted octanol–water partition coefficient (Wildman–Crippen LogP) is 36.6. The lowest BCUT2D eigenvalue weighted by molar-refractivity contribution is 0.142. The minimum Gasteiger partial charge on any atom is -0.0651 e. The van der Waals surface area contributed by atoms with Gasteiger partial charge < -0.3 is 0 Å². The van der Waals surface area contributed by atoms with Gasteiger partial charge in [-0.05, 0) is 274 Å². The van der Waals surface area contributed by atoms with Crippen LogP contribution in [0.3, 0.4) is 0 Å². The molecule has 0 saturated heterocycles. The maximum Gasteiger partial charge on any atom is -0.0381 e. The lowest BCUT2D eigenvalue weighted by Gasteiger charge is -2.37. The Balaban J connectivity index is 0.000000585. The average Bonchev–Trinajstić information content (AvgIpc) is 1.70. The summed E-state index contributed by atoms with van der Waals surface area (Å²) in [7, 11) is 0. The second kappa shape index (κ2) is 60.5. The third-order valence-corrected chi connectivity index (χ3v) is 29.1. The van der Waals surface area contributed by atoms with Crippen molar-refractivity contribution in [1.82, 2.24) is 0 Å². The van der Waals surface area contributed by atoms with Crippen molar-refractivity contribution >= 4 is 0 Å². The highest BCUT2D eigenvalue weighted by Crippen LogP contribution is 2.47. The van der Waals surface area contributed by atoms with E-state index >= 15 is 0 Å². The summed E-state index contributed by atoms with van der Waals surface area (Å²) < 4.78 is 0. The molecule has 0 aromatic carbocycles. The smallest absolute Gasteiger partial charge is 0.0381 e. The van der Waals surface area contributed by atoms with Crippen LogP contribution in [-0.2, 0) is 0 Å². The summed E-state index contributed by atoms with van der Waals surface area (Å²) in [6.07, 6.45) is 66.6. The van der Waals surface area contributed by atoms with Crippen LogP contribution in [0, 0.1) is 178 Å². The van der Waals surface area contributed by atoms with Crippen LogP contribution >= 0.6 is 0 Å². The first kappa shape index (κ1) is 103. The third-order valence-electron chi connectivity index (χ3n) is 29.1. The van der Waals surface area contributed by atoms with Crippen molar-refractivity contribution in [2.75, 3.05) is 0 Å². The van der Waals surface area contributed by atoms with Gasteiger partial charge in [0.1, 0.15) is 0 Å². The van der Waals surface area contributed by atoms with Crippen molar-refractivity contribution in [2.45, 2.75) is 497 Å². The van der Waals surface area contributed by atoms with E-state index in [1.807, 2.05) is 0 Å². The quantitative estimate of drug-likeness (QED) is 0.0799. The maximum absolute atomic E-state index is 2.46. The van der Waals surface area contributed by atoms with Crippen LogP contribution in [0.15, 0.2) is 0 Å². The Morgan fingerprint density at radius 1 is 0.152 bits per heavy atom. The minimum atomic E-state index is 0.899. The predicted molar refractivity (Wildman–Crippen MR) is 483 cm³/mol. The van der Waals surface area contributed by atoms with E-state index in [2.05, 4.69) is 208 Å². The lowest BCUT2D eigenvalue weighted by atomic mass is 9.69. The largest absolute Gasteiger partial charge is 0.0651 e. The number of rotatable bonds is 25. The Morgan fingerprint density at radius 2 is 0.333 bits per heavy atom. The van der Waals surface area contributed by atoms with Gasteiger partial charge in [0.05, 0.1) is 0 Å². The SMILES string of the molecule is CC(C)CC1CC1C.CC(C)CC1CCC1C.CC(C)CC1CCCC1C.CC(C)CC1CCCCC1C.CC(C)CC1CCCCCC1C.CCC1CC1CC(C)C.CCC1CCC1CC(C)C.CCC1CCCC1CC(C)C.CCC1CCCCC1CC(C)C.CCC1CCCCCC1CC(C)C. The van der Waals surface area contributed by atoms with E-state index in [0.29, 0.717) is 0 Å². The lowest BCUT2D eigenvalue weighted by Crippen LogP contribution is -2.26. The molecule has 20 atom stereocenters. The van der Waals surface area contributed by atoms with Crippen molar-refractivity contribution in [2.24, 2.45) is 178 Å². The molecule has 0 spiro atoms. The Hall–Kier alpha value is 0. The van der Waals surface area contributed by atoms with Gasteiger partial charge >= 0.3 is 0 Å². The van der Waals surface area contributed by atoms with Gasteiger partial charge in [0.2, 0.25) is 0 Å². The summed E-state index contributed by atoms with van der Waals surface area (Å²) >= 11 is 0. The highest BCUT2D eigenvalue weighted by atomic mass is 14.4. The van der Waals surface area contributed by atoms with Crippen LogP contribution < -0.4 is 0 Å². The van der Waals surface area contributed by atoms with Gasteiger partial charge in [0, 0.05) is 0 Å². The zero-order valence-corrected chi connectivity index (χ0v) is 79.1. The molecule has 0 amide bonds. The maximum atomic E-state index is 2.46. The molecule has 10 aliphatic carbocycles. The molecule has 10 aliphatic rings. The second-order valence-electron chi connectivity index (χ2n) is 44.0. The van der Waals surface area contributed by atoms with E-state index in [-0.39, 0.29) is 0 Å². The molecule has 0 heterocycles. The minimum absolute atomic E-state index is 0.899. The fraction of sp³-hybridized carbons (Fsp3) is 1.00. The van der Waals surface area contributed by atoms with Crippen LogP contribution in [-0.4, -0.2) is 0 Å². The standard InChI is InChI=1S/C13H26.2C12H24.2C11H22.2C10H20.2C9H18.C8H16/c1-4-12-8-6-5-7-9-13(12)10-11(2)3;1-10(2)9-12-8-6-4-5-7-11(12)3;1-4-11-7-5-6-8-12(11)9-10(2)3;1-9(2)8-11-7-5-4-6-10(11)3;1-4-10-6-5-7-11(10)8-9(2)3;1-8(2)7-10-6-4-5-9(10)3;1-4-9-5-6-10(9)7-8(2)3;1-7(2)6-9-5-4-8(9)3;1-4-8-6-9(8)5-7(2)3;1-6(2)4-8-5-7(8)3/h11-13H,4-10H2,1-3H3;2*10-12H,4-9H2,1-3H3;2*9-11H,4-8H2,1-3H3;2*8-10H,4-7H2,1-3H3;2*7-9H,4-6H2,1-3H3;6-8H,4-5H2,1-3H3. The zero-order chi connectivity index (χ0) is 79.1. The zero-order valence-electron chi connectivity index (χ0n) is 79.1. The molecule has 630 valence electrons. The van der Waals surface area contributed by atoms with Crippen LogP contribution in [0.4, 0.5) is 0 Å². The molecule has 0 radical (unpaired) electrons. The molecular weight excluding hydrogens is 1260 g/mol. The summed E-state index contributed by atoms with van der Waals surface area (Å²) in [4.78, 5) is 0. The van der Waals surface area contributed by atoms with Crippen molar-refractivity contribution < 1.29 is 0 Å². The van der Waals surface area contributed by atoms with Crippen molar-refractivity contribution in [3.8, 4) is 0 Å². The fourth-order valence-corrected chi connectivity index (χ4v) is 22.1. The van der Waals surface area contributed by atoms with Gasteiger partial charge in [-0.1, -0.05) is 400 Å². The van der Waals surface area contributed by atoms with E-state index in [1.165, 1.54) is 289 Å². The van der Waals surface area contributed by atoms with Crippen LogP contribution in [0.25, 0.3) is 0 Å². The number of hydrogen-bond acceptors (Lipinski definition) is 0. The molecule has 10 fully saturated rings. The Bertz CT molecular complexity index is 1870. The summed E-state index contributed by atoms with van der Waals surface area (Å²) in [5.41, 5.74) is 0. The fourth-order valence-electron chi connectivity index (χ4n) is 22.1. The Morgan fingerprint density at radius 3 is 0.581 bits per heavy atom. The van der Waals surface area contributed by atoms with Crippen molar-refractivity contribution in [3.05, 3.63) is 0 Å². The molecule has 10 rings (SSSR count). The van der Waals surface area contributed by atoms with Gasteiger partial charge in [-0.2, -0.15) is 0 Å². The summed E-state index contributed by atoms with van der Waals surface area (Å²) in [5, 5.41) is 0. The first-order valence-corrected chi connectivity index (χ1v) is 49.7. The van der Waals surface area contributed by atoms with Gasteiger partial charge in [-0.3, -0.25) is 0 Å².